The van der Waals surface area contributed by atoms with Gasteiger partial charge in [-0.3, -0.25) is 9.78 Å². The molecule has 0 aliphatic carbocycles. The van der Waals surface area contributed by atoms with E-state index in [9.17, 15) is 4.79 Å². The minimum atomic E-state index is -0.194. The number of aryl methyl sites for hydroxylation is 1. The quantitative estimate of drug-likeness (QED) is 0.670. The normalized spacial score (nSPS) is 14.7. The van der Waals surface area contributed by atoms with Crippen LogP contribution in [0.25, 0.3) is 0 Å². The molecule has 3 rings (SSSR count). The van der Waals surface area contributed by atoms with Crippen LogP contribution in [0.4, 0.5) is 11.6 Å². The van der Waals surface area contributed by atoms with Gasteiger partial charge in [0.1, 0.15) is 0 Å². The van der Waals surface area contributed by atoms with E-state index in [2.05, 4.69) is 37.5 Å². The molecule has 0 radical (unpaired) electrons. The van der Waals surface area contributed by atoms with Gasteiger partial charge in [0, 0.05) is 30.5 Å². The molecule has 2 heterocycles. The minimum absolute atomic E-state index is 0.194. The molecule has 0 saturated carbocycles. The number of hydrogen-bond acceptors (Lipinski definition) is 5. The van der Waals surface area contributed by atoms with Crippen LogP contribution in [0.5, 0.6) is 0 Å². The fourth-order valence-corrected chi connectivity index (χ4v) is 2.55. The summed E-state index contributed by atoms with van der Waals surface area (Å²) in [7, 11) is 0. The predicted molar refractivity (Wildman–Crippen MR) is 88.7 cm³/mol. The van der Waals surface area contributed by atoms with Crippen molar-refractivity contribution in [3.63, 3.8) is 0 Å². The van der Waals surface area contributed by atoms with Gasteiger partial charge in [0.15, 0.2) is 0 Å². The van der Waals surface area contributed by atoms with Crippen molar-refractivity contribution in [2.24, 2.45) is 5.10 Å². The van der Waals surface area contributed by atoms with Crippen molar-refractivity contribution in [2.75, 3.05) is 23.4 Å². The third-order valence-corrected chi connectivity index (χ3v) is 3.62. The van der Waals surface area contributed by atoms with Crippen molar-refractivity contribution in [1.29, 1.82) is 0 Å². The van der Waals surface area contributed by atoms with Gasteiger partial charge in [-0.2, -0.15) is 5.10 Å². The van der Waals surface area contributed by atoms with E-state index in [1.54, 1.807) is 13.1 Å². The fraction of sp³-hybridized carbons (Fsp3) is 0.312. The van der Waals surface area contributed by atoms with Gasteiger partial charge in [0.05, 0.1) is 6.21 Å². The SMILES string of the molecule is Cc1cc(=O)[nH]c(N/N=C\c2ccc(N3CCCC3)cc2)n1. The highest BCUT2D eigenvalue weighted by molar-refractivity contribution is 5.80. The van der Waals surface area contributed by atoms with Crippen molar-refractivity contribution < 1.29 is 0 Å². The summed E-state index contributed by atoms with van der Waals surface area (Å²) in [6.07, 6.45) is 4.25. The first-order chi connectivity index (χ1) is 10.7. The smallest absolute Gasteiger partial charge is 0.252 e. The second-order valence-corrected chi connectivity index (χ2v) is 5.39. The summed E-state index contributed by atoms with van der Waals surface area (Å²) >= 11 is 0. The molecular formula is C16H19N5O. The van der Waals surface area contributed by atoms with Gasteiger partial charge in [0.25, 0.3) is 5.56 Å². The van der Waals surface area contributed by atoms with Crippen molar-refractivity contribution in [1.82, 2.24) is 9.97 Å². The summed E-state index contributed by atoms with van der Waals surface area (Å²) in [5.74, 6) is 0.343. The maximum Gasteiger partial charge on any atom is 0.252 e. The highest BCUT2D eigenvalue weighted by atomic mass is 16.1. The molecule has 1 aromatic carbocycles. The van der Waals surface area contributed by atoms with Gasteiger partial charge in [-0.05, 0) is 37.5 Å². The molecule has 0 unspecified atom stereocenters. The lowest BCUT2D eigenvalue weighted by Crippen LogP contribution is -2.17. The van der Waals surface area contributed by atoms with E-state index in [1.165, 1.54) is 24.6 Å². The van der Waals surface area contributed by atoms with E-state index in [-0.39, 0.29) is 5.56 Å². The first-order valence-electron chi connectivity index (χ1n) is 7.43. The van der Waals surface area contributed by atoms with E-state index >= 15 is 0 Å². The van der Waals surface area contributed by atoms with Crippen LogP contribution < -0.4 is 15.9 Å². The van der Waals surface area contributed by atoms with E-state index in [4.69, 9.17) is 0 Å². The third kappa shape index (κ3) is 3.52. The van der Waals surface area contributed by atoms with Crippen LogP contribution in [0.15, 0.2) is 40.2 Å². The Morgan fingerprint density at radius 1 is 1.27 bits per heavy atom. The number of benzene rings is 1. The summed E-state index contributed by atoms with van der Waals surface area (Å²) in [4.78, 5) is 20.4. The number of nitrogens with zero attached hydrogens (tertiary/aromatic N) is 3. The standard InChI is InChI=1S/C16H19N5O/c1-12-10-15(22)19-16(18-12)20-17-11-13-4-6-14(7-5-13)21-8-2-3-9-21/h4-7,10-11H,2-3,8-9H2,1H3,(H2,18,19,20,22)/b17-11-. The summed E-state index contributed by atoms with van der Waals surface area (Å²) in [5.41, 5.74) is 5.44. The number of rotatable bonds is 4. The minimum Gasteiger partial charge on any atom is -0.372 e. The zero-order valence-corrected chi connectivity index (χ0v) is 12.5. The topological polar surface area (TPSA) is 73.4 Å². The lowest BCUT2D eigenvalue weighted by atomic mass is 10.2. The fourth-order valence-electron chi connectivity index (χ4n) is 2.55. The molecule has 1 aliphatic heterocycles. The van der Waals surface area contributed by atoms with Crippen molar-refractivity contribution in [2.45, 2.75) is 19.8 Å². The largest absolute Gasteiger partial charge is 0.372 e. The molecule has 1 aromatic heterocycles. The zero-order valence-electron chi connectivity index (χ0n) is 12.5. The van der Waals surface area contributed by atoms with E-state index in [1.807, 2.05) is 12.1 Å². The van der Waals surface area contributed by atoms with Crippen molar-refractivity contribution >= 4 is 17.9 Å². The molecule has 2 N–H and O–H groups in total. The first kappa shape index (κ1) is 14.3. The molecule has 0 atom stereocenters. The predicted octanol–water partition coefficient (Wildman–Crippen LogP) is 2.12. The Kier molecular flexibility index (Phi) is 4.18. The average Bonchev–Trinajstić information content (AvgIpc) is 3.01. The summed E-state index contributed by atoms with van der Waals surface area (Å²) in [6.45, 7) is 4.05. The van der Waals surface area contributed by atoms with Crippen LogP contribution >= 0.6 is 0 Å². The third-order valence-electron chi connectivity index (χ3n) is 3.62. The number of H-pyrrole nitrogens is 1. The van der Waals surface area contributed by atoms with Crippen LogP contribution in [-0.4, -0.2) is 29.3 Å². The molecule has 1 fully saturated rings. The maximum absolute atomic E-state index is 11.3. The highest BCUT2D eigenvalue weighted by Gasteiger charge is 2.11. The van der Waals surface area contributed by atoms with Gasteiger partial charge in [-0.15, -0.1) is 0 Å². The second-order valence-electron chi connectivity index (χ2n) is 5.39. The highest BCUT2D eigenvalue weighted by Crippen LogP contribution is 2.19. The van der Waals surface area contributed by atoms with Gasteiger partial charge in [-0.1, -0.05) is 12.1 Å². The van der Waals surface area contributed by atoms with E-state index < -0.39 is 0 Å². The molecule has 22 heavy (non-hydrogen) atoms. The molecule has 114 valence electrons. The molecule has 2 aromatic rings. The number of hydrazone groups is 1. The van der Waals surface area contributed by atoms with E-state index in [0.717, 1.165) is 18.7 Å². The van der Waals surface area contributed by atoms with Crippen LogP contribution in [0.2, 0.25) is 0 Å². The number of aromatic amines is 1. The Bertz CT molecular complexity index is 714. The van der Waals surface area contributed by atoms with Gasteiger partial charge < -0.3 is 4.90 Å². The van der Waals surface area contributed by atoms with Crippen LogP contribution in [0.3, 0.4) is 0 Å². The molecule has 0 amide bonds. The van der Waals surface area contributed by atoms with Crippen molar-refractivity contribution in [3.05, 3.63) is 51.9 Å². The molecule has 1 saturated heterocycles. The molecule has 0 bridgehead atoms. The maximum atomic E-state index is 11.3. The first-order valence-corrected chi connectivity index (χ1v) is 7.43. The van der Waals surface area contributed by atoms with Crippen LogP contribution in [0, 0.1) is 6.92 Å². The summed E-state index contributed by atoms with van der Waals surface area (Å²) in [6, 6.07) is 9.72. The Morgan fingerprint density at radius 2 is 2.00 bits per heavy atom. The monoisotopic (exact) mass is 297 g/mol. The second kappa shape index (κ2) is 6.43. The van der Waals surface area contributed by atoms with Gasteiger partial charge >= 0.3 is 0 Å². The Hall–Kier alpha value is -2.63. The number of aromatic nitrogens is 2. The number of anilines is 2. The van der Waals surface area contributed by atoms with E-state index in [0.29, 0.717) is 11.6 Å². The average molecular weight is 297 g/mol. The number of nitrogens with one attached hydrogen (secondary N) is 2. The molecule has 1 aliphatic rings. The Balaban J connectivity index is 1.63. The van der Waals surface area contributed by atoms with Gasteiger partial charge in [-0.25, -0.2) is 10.4 Å². The zero-order chi connectivity index (χ0) is 15.4. The lowest BCUT2D eigenvalue weighted by molar-refractivity contribution is 0.949. The number of hydrogen-bond donors (Lipinski definition) is 2. The van der Waals surface area contributed by atoms with Crippen molar-refractivity contribution in [3.8, 4) is 0 Å². The lowest BCUT2D eigenvalue weighted by Gasteiger charge is -2.17. The van der Waals surface area contributed by atoms with Crippen LogP contribution in [-0.2, 0) is 0 Å². The van der Waals surface area contributed by atoms with Gasteiger partial charge in [0.2, 0.25) is 5.95 Å². The Labute approximate surface area is 128 Å². The molecular weight excluding hydrogens is 278 g/mol. The summed E-state index contributed by atoms with van der Waals surface area (Å²) in [5, 5.41) is 4.10. The Morgan fingerprint density at radius 3 is 2.68 bits per heavy atom. The van der Waals surface area contributed by atoms with Crippen LogP contribution in [0.1, 0.15) is 24.1 Å². The molecule has 0 spiro atoms. The summed E-state index contributed by atoms with van der Waals surface area (Å²) < 4.78 is 0. The molecule has 6 heteroatoms. The molecule has 6 nitrogen and oxygen atoms in total.